The quantitative estimate of drug-likeness (QED) is 0.367. The number of anilines is 1. The van der Waals surface area contributed by atoms with Crippen LogP contribution in [0, 0.1) is 0 Å². The van der Waals surface area contributed by atoms with Crippen molar-refractivity contribution in [3.05, 3.63) is 34.2 Å². The molecular weight excluding hydrogens is 164 g/mol. The smallest absolute Gasteiger partial charge is 0.0397 e. The maximum absolute atomic E-state index is 8.27. The van der Waals surface area contributed by atoms with Crippen LogP contribution in [0.25, 0.3) is 10.4 Å². The molecule has 0 amide bonds. The van der Waals surface area contributed by atoms with Gasteiger partial charge in [0.1, 0.15) is 0 Å². The molecule has 0 spiro atoms. The van der Waals surface area contributed by atoms with Crippen LogP contribution in [0.3, 0.4) is 0 Å². The van der Waals surface area contributed by atoms with Gasteiger partial charge < -0.3 is 4.90 Å². The predicted molar refractivity (Wildman–Crippen MR) is 52.2 cm³/mol. The van der Waals surface area contributed by atoms with Gasteiger partial charge in [0.05, 0.1) is 0 Å². The predicted octanol–water partition coefficient (Wildman–Crippen LogP) is 2.62. The molecule has 0 saturated heterocycles. The normalized spacial score (nSPS) is 13.8. The molecule has 0 saturated carbocycles. The summed E-state index contributed by atoms with van der Waals surface area (Å²) in [6, 6.07) is 5.81. The van der Waals surface area contributed by atoms with E-state index in [2.05, 4.69) is 22.0 Å². The summed E-state index contributed by atoms with van der Waals surface area (Å²) in [5.74, 6) is 0. The standard InChI is InChI=1S/C9H10N4/c1-13-5-4-7-6-8(11-12-10)2-3-9(7)13/h2-3,6H,4-5H2,1H3. The van der Waals surface area contributed by atoms with Crippen LogP contribution in [-0.2, 0) is 6.42 Å². The van der Waals surface area contributed by atoms with Crippen LogP contribution in [0.4, 0.5) is 11.4 Å². The number of rotatable bonds is 1. The molecule has 0 aliphatic carbocycles. The van der Waals surface area contributed by atoms with Crippen molar-refractivity contribution in [2.24, 2.45) is 5.11 Å². The van der Waals surface area contributed by atoms with Crippen LogP contribution < -0.4 is 4.90 Å². The summed E-state index contributed by atoms with van der Waals surface area (Å²) in [7, 11) is 2.07. The minimum atomic E-state index is 0.705. The Morgan fingerprint density at radius 1 is 1.54 bits per heavy atom. The number of nitrogens with zero attached hydrogens (tertiary/aromatic N) is 4. The molecule has 1 aromatic carbocycles. The van der Waals surface area contributed by atoms with Crippen LogP contribution in [0.15, 0.2) is 23.3 Å². The second kappa shape index (κ2) is 2.99. The van der Waals surface area contributed by atoms with Crippen LogP contribution >= 0.6 is 0 Å². The van der Waals surface area contributed by atoms with E-state index in [9.17, 15) is 0 Å². The average Bonchev–Trinajstić information content (AvgIpc) is 2.48. The Labute approximate surface area is 76.4 Å². The second-order valence-corrected chi connectivity index (χ2v) is 3.17. The monoisotopic (exact) mass is 174 g/mol. The highest BCUT2D eigenvalue weighted by Gasteiger charge is 2.14. The fraction of sp³-hybridized carbons (Fsp3) is 0.333. The molecule has 4 nitrogen and oxygen atoms in total. The molecule has 0 atom stereocenters. The number of likely N-dealkylation sites (N-methyl/N-ethyl adjacent to an activating group) is 1. The van der Waals surface area contributed by atoms with E-state index in [1.54, 1.807) is 0 Å². The summed E-state index contributed by atoms with van der Waals surface area (Å²) < 4.78 is 0. The molecule has 0 unspecified atom stereocenters. The Balaban J connectivity index is 2.45. The molecular formula is C9H10N4. The van der Waals surface area contributed by atoms with Crippen LogP contribution in [0.1, 0.15) is 5.56 Å². The van der Waals surface area contributed by atoms with Gasteiger partial charge in [0.15, 0.2) is 0 Å². The van der Waals surface area contributed by atoms with E-state index in [1.165, 1.54) is 11.3 Å². The van der Waals surface area contributed by atoms with Crippen molar-refractivity contribution < 1.29 is 0 Å². The lowest BCUT2D eigenvalue weighted by molar-refractivity contribution is 0.956. The number of benzene rings is 1. The second-order valence-electron chi connectivity index (χ2n) is 3.17. The van der Waals surface area contributed by atoms with Crippen molar-refractivity contribution in [1.82, 2.24) is 0 Å². The molecule has 4 heteroatoms. The zero-order valence-corrected chi connectivity index (χ0v) is 7.44. The Morgan fingerprint density at radius 3 is 3.15 bits per heavy atom. The molecule has 0 fully saturated rings. The summed E-state index contributed by atoms with van der Waals surface area (Å²) in [6.07, 6.45) is 1.04. The topological polar surface area (TPSA) is 52.0 Å². The van der Waals surface area contributed by atoms with E-state index < -0.39 is 0 Å². The first-order valence-corrected chi connectivity index (χ1v) is 4.20. The maximum atomic E-state index is 8.27. The maximum Gasteiger partial charge on any atom is 0.0397 e. The lowest BCUT2D eigenvalue weighted by Crippen LogP contribution is -2.12. The summed E-state index contributed by atoms with van der Waals surface area (Å²) in [5.41, 5.74) is 11.5. The van der Waals surface area contributed by atoms with Gasteiger partial charge in [-0.3, -0.25) is 0 Å². The minimum absolute atomic E-state index is 0.705. The van der Waals surface area contributed by atoms with Crippen LogP contribution in [0.5, 0.6) is 0 Å². The molecule has 0 aromatic heterocycles. The van der Waals surface area contributed by atoms with Crippen molar-refractivity contribution in [2.75, 3.05) is 18.5 Å². The van der Waals surface area contributed by atoms with E-state index in [-0.39, 0.29) is 0 Å². The number of hydrogen-bond acceptors (Lipinski definition) is 2. The van der Waals surface area contributed by atoms with Gasteiger partial charge in [-0.05, 0) is 29.6 Å². The third kappa shape index (κ3) is 1.32. The van der Waals surface area contributed by atoms with Crippen molar-refractivity contribution in [3.8, 4) is 0 Å². The molecule has 2 rings (SSSR count). The van der Waals surface area contributed by atoms with Crippen LogP contribution in [-0.4, -0.2) is 13.6 Å². The zero-order chi connectivity index (χ0) is 9.26. The SMILES string of the molecule is CN1CCc2cc(N=[N+]=[N-])ccc21. The first kappa shape index (κ1) is 7.95. The molecule has 66 valence electrons. The lowest BCUT2D eigenvalue weighted by atomic mass is 10.1. The summed E-state index contributed by atoms with van der Waals surface area (Å²) in [6.45, 7) is 1.05. The molecule has 0 N–H and O–H groups in total. The summed E-state index contributed by atoms with van der Waals surface area (Å²) in [5, 5.41) is 3.57. The van der Waals surface area contributed by atoms with Crippen molar-refractivity contribution >= 4 is 11.4 Å². The van der Waals surface area contributed by atoms with Gasteiger partial charge in [0.2, 0.25) is 0 Å². The molecule has 0 radical (unpaired) electrons. The van der Waals surface area contributed by atoms with Gasteiger partial charge in [0, 0.05) is 29.9 Å². The Hall–Kier alpha value is -1.67. The van der Waals surface area contributed by atoms with Crippen LogP contribution in [0.2, 0.25) is 0 Å². The van der Waals surface area contributed by atoms with Crippen molar-refractivity contribution in [3.63, 3.8) is 0 Å². The molecule has 0 bridgehead atoms. The van der Waals surface area contributed by atoms with Crippen molar-refractivity contribution in [1.29, 1.82) is 0 Å². The van der Waals surface area contributed by atoms with Gasteiger partial charge in [-0.25, -0.2) is 0 Å². The van der Waals surface area contributed by atoms with E-state index in [0.717, 1.165) is 13.0 Å². The average molecular weight is 174 g/mol. The van der Waals surface area contributed by atoms with Gasteiger partial charge in [-0.15, -0.1) is 0 Å². The fourth-order valence-electron chi connectivity index (χ4n) is 1.67. The summed E-state index contributed by atoms with van der Waals surface area (Å²) in [4.78, 5) is 4.97. The minimum Gasteiger partial charge on any atom is -0.374 e. The highest BCUT2D eigenvalue weighted by atomic mass is 15.1. The largest absolute Gasteiger partial charge is 0.374 e. The van der Waals surface area contributed by atoms with E-state index >= 15 is 0 Å². The fourth-order valence-corrected chi connectivity index (χ4v) is 1.67. The molecule has 1 aromatic rings. The molecule has 1 heterocycles. The van der Waals surface area contributed by atoms with Gasteiger partial charge in [0.25, 0.3) is 0 Å². The third-order valence-electron chi connectivity index (χ3n) is 2.35. The number of fused-ring (bicyclic) bond motifs is 1. The lowest BCUT2D eigenvalue weighted by Gasteiger charge is -2.11. The first-order chi connectivity index (χ1) is 6.31. The molecule has 1 aliphatic heterocycles. The Bertz CT molecular complexity index is 379. The molecule has 13 heavy (non-hydrogen) atoms. The van der Waals surface area contributed by atoms with Gasteiger partial charge in [-0.1, -0.05) is 11.2 Å². The highest BCUT2D eigenvalue weighted by Crippen LogP contribution is 2.30. The summed E-state index contributed by atoms with van der Waals surface area (Å²) >= 11 is 0. The van der Waals surface area contributed by atoms with Gasteiger partial charge >= 0.3 is 0 Å². The van der Waals surface area contributed by atoms with E-state index in [1.807, 2.05) is 18.2 Å². The third-order valence-corrected chi connectivity index (χ3v) is 2.35. The van der Waals surface area contributed by atoms with E-state index in [0.29, 0.717) is 5.69 Å². The molecule has 1 aliphatic rings. The Morgan fingerprint density at radius 2 is 2.38 bits per heavy atom. The Kier molecular flexibility index (Phi) is 1.83. The zero-order valence-electron chi connectivity index (χ0n) is 7.44. The highest BCUT2D eigenvalue weighted by molar-refractivity contribution is 5.62. The number of hydrogen-bond donors (Lipinski definition) is 0. The van der Waals surface area contributed by atoms with Gasteiger partial charge in [-0.2, -0.15) is 0 Å². The number of azide groups is 1. The first-order valence-electron chi connectivity index (χ1n) is 4.20. The van der Waals surface area contributed by atoms with E-state index in [4.69, 9.17) is 5.53 Å². The van der Waals surface area contributed by atoms with Crippen molar-refractivity contribution in [2.45, 2.75) is 6.42 Å².